The summed E-state index contributed by atoms with van der Waals surface area (Å²) in [7, 11) is 2.94. The molecule has 1 amide bonds. The van der Waals surface area contributed by atoms with Gasteiger partial charge in [0.2, 0.25) is 5.75 Å². The van der Waals surface area contributed by atoms with E-state index in [2.05, 4.69) is 5.10 Å². The Morgan fingerprint density at radius 1 is 1.33 bits per heavy atom. The van der Waals surface area contributed by atoms with Crippen molar-refractivity contribution in [1.29, 1.82) is 0 Å². The molecule has 0 aliphatic heterocycles. The minimum atomic E-state index is -0.591. The molecule has 0 aromatic heterocycles. The summed E-state index contributed by atoms with van der Waals surface area (Å²) in [4.78, 5) is 10.7. The molecule has 0 aliphatic rings. The molecule has 7 heteroatoms. The lowest BCUT2D eigenvalue weighted by atomic mass is 10.2. The van der Waals surface area contributed by atoms with Crippen molar-refractivity contribution in [2.45, 2.75) is 0 Å². The zero-order valence-corrected chi connectivity index (χ0v) is 10.2. The topological polar surface area (TPSA) is 109 Å². The molecule has 1 aromatic rings. The Morgan fingerprint density at radius 3 is 2.28 bits per heavy atom. The van der Waals surface area contributed by atoms with Crippen molar-refractivity contribution in [2.24, 2.45) is 16.7 Å². The van der Waals surface area contributed by atoms with Gasteiger partial charge in [-0.25, -0.2) is 0 Å². The summed E-state index contributed by atoms with van der Waals surface area (Å²) in [5.74, 6) is 5.57. The number of carbonyl (C=O) groups excluding carboxylic acids is 1. The van der Waals surface area contributed by atoms with E-state index >= 15 is 0 Å². The number of nitrogens with two attached hydrogens (primary N) is 2. The molecule has 98 valence electrons. The van der Waals surface area contributed by atoms with Gasteiger partial charge in [0.1, 0.15) is 0 Å². The van der Waals surface area contributed by atoms with Crippen molar-refractivity contribution in [3.05, 3.63) is 17.7 Å². The number of benzene rings is 1. The van der Waals surface area contributed by atoms with Crippen molar-refractivity contribution in [3.8, 4) is 17.2 Å². The SMILES string of the molecule is COc1cc(/C=N\N)cc(OC)c1OCC(N)=O. The number of rotatable bonds is 6. The molecular formula is C11H15N3O4. The molecule has 1 rings (SSSR count). The number of ether oxygens (including phenoxy) is 3. The number of hydrogen-bond acceptors (Lipinski definition) is 6. The highest BCUT2D eigenvalue weighted by Crippen LogP contribution is 2.38. The Hall–Kier alpha value is -2.44. The Morgan fingerprint density at radius 2 is 1.89 bits per heavy atom. The number of primary amides is 1. The van der Waals surface area contributed by atoms with Crippen LogP contribution in [0.4, 0.5) is 0 Å². The molecule has 0 bridgehead atoms. The third kappa shape index (κ3) is 3.27. The molecule has 18 heavy (non-hydrogen) atoms. The van der Waals surface area contributed by atoms with Crippen LogP contribution in [0.3, 0.4) is 0 Å². The number of methoxy groups -OCH3 is 2. The lowest BCUT2D eigenvalue weighted by Crippen LogP contribution is -2.20. The highest BCUT2D eigenvalue weighted by atomic mass is 16.5. The molecule has 1 aromatic carbocycles. The van der Waals surface area contributed by atoms with Crippen LogP contribution < -0.4 is 25.8 Å². The van der Waals surface area contributed by atoms with E-state index in [1.807, 2.05) is 0 Å². The number of hydrogen-bond donors (Lipinski definition) is 2. The first-order valence-corrected chi connectivity index (χ1v) is 5.02. The molecule has 0 unspecified atom stereocenters. The largest absolute Gasteiger partial charge is 0.493 e. The van der Waals surface area contributed by atoms with Crippen molar-refractivity contribution in [1.82, 2.24) is 0 Å². The summed E-state index contributed by atoms with van der Waals surface area (Å²) in [6.07, 6.45) is 1.43. The Labute approximate surface area is 104 Å². The first-order valence-electron chi connectivity index (χ1n) is 5.02. The number of carbonyl (C=O) groups is 1. The van der Waals surface area contributed by atoms with Crippen LogP contribution >= 0.6 is 0 Å². The van der Waals surface area contributed by atoms with Crippen LogP contribution in [0.25, 0.3) is 0 Å². The first kappa shape index (κ1) is 13.6. The predicted molar refractivity (Wildman–Crippen MR) is 66.0 cm³/mol. The summed E-state index contributed by atoms with van der Waals surface area (Å²) in [6.45, 7) is -0.267. The summed E-state index contributed by atoms with van der Waals surface area (Å²) in [5, 5.41) is 3.41. The number of amides is 1. The summed E-state index contributed by atoms with van der Waals surface area (Å²) in [5.41, 5.74) is 5.70. The van der Waals surface area contributed by atoms with Crippen molar-refractivity contribution < 1.29 is 19.0 Å². The van der Waals surface area contributed by atoms with Gasteiger partial charge >= 0.3 is 0 Å². The van der Waals surface area contributed by atoms with E-state index in [1.165, 1.54) is 20.4 Å². The van der Waals surface area contributed by atoms with Crippen LogP contribution in [0.2, 0.25) is 0 Å². The van der Waals surface area contributed by atoms with E-state index in [4.69, 9.17) is 25.8 Å². The van der Waals surface area contributed by atoms with E-state index in [0.29, 0.717) is 22.8 Å². The predicted octanol–water partition coefficient (Wildman–Crippen LogP) is -0.140. The molecule has 4 N–H and O–H groups in total. The van der Waals surface area contributed by atoms with Crippen LogP contribution in [-0.4, -0.2) is 32.9 Å². The Kier molecular flexibility index (Phi) is 4.79. The average molecular weight is 253 g/mol. The Balaban J connectivity index is 3.16. The van der Waals surface area contributed by atoms with E-state index < -0.39 is 5.91 Å². The van der Waals surface area contributed by atoms with Gasteiger partial charge in [0.25, 0.3) is 5.91 Å². The number of hydrazone groups is 1. The van der Waals surface area contributed by atoms with Gasteiger partial charge in [0.05, 0.1) is 20.4 Å². The van der Waals surface area contributed by atoms with Crippen LogP contribution in [0.1, 0.15) is 5.56 Å². The minimum Gasteiger partial charge on any atom is -0.493 e. The monoisotopic (exact) mass is 253 g/mol. The first-order chi connectivity index (χ1) is 8.62. The lowest BCUT2D eigenvalue weighted by molar-refractivity contribution is -0.119. The Bertz CT molecular complexity index is 435. The quantitative estimate of drug-likeness (QED) is 0.416. The third-order valence-corrected chi connectivity index (χ3v) is 2.07. The lowest BCUT2D eigenvalue weighted by Gasteiger charge is -2.14. The van der Waals surface area contributed by atoms with E-state index in [9.17, 15) is 4.79 Å². The molecule has 7 nitrogen and oxygen atoms in total. The molecule has 0 radical (unpaired) electrons. The molecule has 0 spiro atoms. The highest BCUT2D eigenvalue weighted by Gasteiger charge is 2.14. The van der Waals surface area contributed by atoms with Crippen LogP contribution in [0.15, 0.2) is 17.2 Å². The molecule has 0 saturated carbocycles. The number of nitrogens with zero attached hydrogens (tertiary/aromatic N) is 1. The maximum Gasteiger partial charge on any atom is 0.255 e. The van der Waals surface area contributed by atoms with Crippen LogP contribution in [0.5, 0.6) is 17.2 Å². The van der Waals surface area contributed by atoms with Gasteiger partial charge in [-0.2, -0.15) is 5.10 Å². The molecule has 0 aliphatic carbocycles. The fourth-order valence-electron chi connectivity index (χ4n) is 1.35. The second-order valence-electron chi connectivity index (χ2n) is 3.29. The molecule has 0 heterocycles. The zero-order chi connectivity index (χ0) is 13.5. The average Bonchev–Trinajstić information content (AvgIpc) is 2.36. The van der Waals surface area contributed by atoms with Gasteiger partial charge in [-0.1, -0.05) is 0 Å². The van der Waals surface area contributed by atoms with Gasteiger partial charge in [0.15, 0.2) is 18.1 Å². The molecule has 0 saturated heterocycles. The fraction of sp³-hybridized carbons (Fsp3) is 0.273. The normalized spacial score (nSPS) is 10.3. The maximum atomic E-state index is 10.7. The van der Waals surface area contributed by atoms with E-state index in [1.54, 1.807) is 12.1 Å². The molecule has 0 fully saturated rings. The van der Waals surface area contributed by atoms with Gasteiger partial charge in [-0.3, -0.25) is 4.79 Å². The summed E-state index contributed by atoms with van der Waals surface area (Å²) >= 11 is 0. The van der Waals surface area contributed by atoms with Crippen molar-refractivity contribution in [3.63, 3.8) is 0 Å². The zero-order valence-electron chi connectivity index (χ0n) is 10.2. The fourth-order valence-corrected chi connectivity index (χ4v) is 1.35. The van der Waals surface area contributed by atoms with Gasteiger partial charge in [-0.05, 0) is 12.1 Å². The molecular weight excluding hydrogens is 238 g/mol. The van der Waals surface area contributed by atoms with Crippen LogP contribution in [-0.2, 0) is 4.79 Å². The van der Waals surface area contributed by atoms with Crippen molar-refractivity contribution in [2.75, 3.05) is 20.8 Å². The van der Waals surface area contributed by atoms with Gasteiger partial charge in [0, 0.05) is 5.56 Å². The highest BCUT2D eigenvalue weighted by molar-refractivity contribution is 5.82. The second-order valence-corrected chi connectivity index (χ2v) is 3.29. The van der Waals surface area contributed by atoms with E-state index in [0.717, 1.165) is 0 Å². The van der Waals surface area contributed by atoms with Gasteiger partial charge in [-0.15, -0.1) is 0 Å². The summed E-state index contributed by atoms with van der Waals surface area (Å²) < 4.78 is 15.5. The standard InChI is InChI=1S/C11H15N3O4/c1-16-8-3-7(5-14-13)4-9(17-2)11(8)18-6-10(12)15/h3-5H,6,13H2,1-2H3,(H2,12,15)/b14-5-. The smallest absolute Gasteiger partial charge is 0.255 e. The van der Waals surface area contributed by atoms with Crippen LogP contribution in [0, 0.1) is 0 Å². The molecule has 0 atom stereocenters. The van der Waals surface area contributed by atoms with Gasteiger partial charge < -0.3 is 25.8 Å². The second kappa shape index (κ2) is 6.33. The maximum absolute atomic E-state index is 10.7. The van der Waals surface area contributed by atoms with Crippen molar-refractivity contribution >= 4 is 12.1 Å². The third-order valence-electron chi connectivity index (χ3n) is 2.07. The minimum absolute atomic E-state index is 0.267. The summed E-state index contributed by atoms with van der Waals surface area (Å²) in [6, 6.07) is 3.30. The van der Waals surface area contributed by atoms with E-state index in [-0.39, 0.29) is 6.61 Å².